The molecule has 12 unspecified atom stereocenters. The lowest BCUT2D eigenvalue weighted by atomic mass is 9.75. The van der Waals surface area contributed by atoms with Crippen molar-refractivity contribution in [1.29, 1.82) is 0 Å². The zero-order chi connectivity index (χ0) is 58.3. The number of halogens is 4. The van der Waals surface area contributed by atoms with Crippen LogP contribution in [0.5, 0.6) is 0 Å². The summed E-state index contributed by atoms with van der Waals surface area (Å²) in [5.74, 6) is -1.07. The Morgan fingerprint density at radius 1 is 0.701 bits per heavy atom. The third kappa shape index (κ3) is 20.9. The maximum absolute atomic E-state index is 13.0. The lowest BCUT2D eigenvalue weighted by molar-refractivity contribution is -0.153. The molecule has 0 aliphatic carbocycles. The van der Waals surface area contributed by atoms with Crippen LogP contribution < -0.4 is 11.0 Å². The highest BCUT2D eigenvalue weighted by molar-refractivity contribution is 9.38. The Bertz CT molecular complexity index is 2710. The zero-order valence-corrected chi connectivity index (χ0v) is 68.4. The second kappa shape index (κ2) is 33.4. The Morgan fingerprint density at radius 2 is 1.19 bits per heavy atom. The lowest BCUT2D eigenvalue weighted by Gasteiger charge is -2.47. The van der Waals surface area contributed by atoms with Crippen molar-refractivity contribution in [3.8, 4) is 0 Å². The molecular formula is C42H71BBrF3N2O6P22. The van der Waals surface area contributed by atoms with Gasteiger partial charge in [0, 0.05) is 35.6 Å². The quantitative estimate of drug-likeness (QED) is 0.0491. The van der Waals surface area contributed by atoms with Gasteiger partial charge in [0.2, 0.25) is 5.76 Å². The van der Waals surface area contributed by atoms with Crippen LogP contribution in [0.15, 0.2) is 98.6 Å². The van der Waals surface area contributed by atoms with Gasteiger partial charge in [0.15, 0.2) is 0 Å². The van der Waals surface area contributed by atoms with Crippen LogP contribution in [0.2, 0.25) is 0 Å². The number of methoxy groups -OCH3 is 1. The summed E-state index contributed by atoms with van der Waals surface area (Å²) in [4.78, 5) is 26.8. The average molecular weight is 1530 g/mol. The van der Waals surface area contributed by atoms with E-state index in [-0.39, 0.29) is 105 Å². The van der Waals surface area contributed by atoms with Gasteiger partial charge < -0.3 is 23.0 Å². The van der Waals surface area contributed by atoms with Gasteiger partial charge in [-0.2, -0.15) is 13.2 Å². The van der Waals surface area contributed by atoms with Gasteiger partial charge in [-0.05, 0) is 171 Å². The summed E-state index contributed by atoms with van der Waals surface area (Å²) in [6, 6.07) is 25.4. The number of alkyl halides is 3. The Kier molecular flexibility index (Phi) is 32.4. The summed E-state index contributed by atoms with van der Waals surface area (Å²) < 4.78 is 63.8. The predicted molar refractivity (Wildman–Crippen MR) is 398 cm³/mol. The molecule has 0 spiro atoms. The first-order valence-corrected chi connectivity index (χ1v) is 62.8. The molecule has 0 amide bonds. The molecule has 1 aliphatic heterocycles. The standard InChI is InChI=1S/C25H22BrF3N2O2.C17H25BO4.H24P22/c1-16-21(20-5-3-4-6-22(20)30(2)24(16)32)15-31(13-17-7-9-18(26)10-8-17)14-19-11-12-23(33-19)25(27,28)29;1-15(2,14(19)20-7)12-9-8-10-13(11-12)18-21-16(3,4)17(5,6)22-18;1-13(2)19(14(3)4)22(20(15(5)6)16(7)8)21(17(9)10)18(11)12/h3-12H,13-15H2,1-2H3;8-11H,1-7H3;1-12H2. The Hall–Kier alpha value is 5.29. The van der Waals surface area contributed by atoms with E-state index in [1.807, 2.05) is 119 Å². The predicted octanol–water partition coefficient (Wildman–Crippen LogP) is 21.4. The minimum Gasteiger partial charge on any atom is -0.468 e. The molecule has 5 aromatic rings. The molecule has 2 aromatic heterocycles. The van der Waals surface area contributed by atoms with Crippen LogP contribution in [0.1, 0.15) is 75.3 Å². The van der Waals surface area contributed by atoms with E-state index in [2.05, 4.69) is 123 Å². The first-order chi connectivity index (χ1) is 35.6. The maximum Gasteiger partial charge on any atom is 0.494 e. The fourth-order valence-corrected chi connectivity index (χ4v) is 280. The van der Waals surface area contributed by atoms with E-state index in [0.717, 1.165) is 43.6 Å². The van der Waals surface area contributed by atoms with Crippen molar-refractivity contribution in [2.45, 2.75) is 90.9 Å². The van der Waals surface area contributed by atoms with Crippen LogP contribution in [-0.4, -0.2) is 40.9 Å². The Labute approximate surface area is 502 Å². The van der Waals surface area contributed by atoms with Crippen LogP contribution >= 0.6 is 193 Å². The number of carbonyl (C=O) groups is 1. The molecule has 1 fully saturated rings. The number of para-hydroxylation sites is 1. The molecule has 8 nitrogen and oxygen atoms in total. The van der Waals surface area contributed by atoms with Crippen LogP contribution in [0, 0.1) is 6.92 Å². The molecule has 6 rings (SSSR count). The number of ether oxygens (including phenoxy) is 1. The van der Waals surface area contributed by atoms with E-state index in [1.54, 1.807) is 18.5 Å². The monoisotopic (exact) mass is 1530 g/mol. The van der Waals surface area contributed by atoms with Gasteiger partial charge in [-0.25, -0.2) is 0 Å². The lowest BCUT2D eigenvalue weighted by Crippen LogP contribution is -2.41. The number of rotatable bonds is 18. The molecule has 1 saturated heterocycles. The number of hydrogen-bond acceptors (Lipinski definition) is 7. The SMILES string of the molecule is COC(=O)C(C)(C)c1cccc(B2OC(C)(C)C(C)(C)O2)c1.Cc1c(CN(Cc2ccc(Br)cc2)Cc2ccc(C(F)(F)F)o2)c2ccccc2n(C)c1=O.PP(P)P(P(P)P)P(P(P(P)P)P(P)P)P(P(P)P)P(P)P. The van der Waals surface area contributed by atoms with Gasteiger partial charge in [-0.1, -0.05) is 70.5 Å². The third-order valence-corrected chi connectivity index (χ3v) is 150. The average Bonchev–Trinajstić information content (AvgIpc) is 3.90. The fourth-order valence-electron chi connectivity index (χ4n) is 7.54. The number of carbonyl (C=O) groups excluding carboxylic acids is 1. The molecular weight excluding hydrogens is 1460 g/mol. The molecule has 3 heterocycles. The Morgan fingerprint density at radius 3 is 1.65 bits per heavy atom. The number of aryl methyl sites for hydroxylation is 1. The van der Waals surface area contributed by atoms with Crippen molar-refractivity contribution in [3.05, 3.63) is 134 Å². The number of fused-ring (bicyclic) bond motifs is 1. The molecule has 0 saturated carbocycles. The summed E-state index contributed by atoms with van der Waals surface area (Å²) >= 11 is 3.42. The maximum atomic E-state index is 13.0. The molecule has 0 bridgehead atoms. The van der Waals surface area contributed by atoms with Crippen LogP contribution in [-0.2, 0) is 57.1 Å². The molecule has 77 heavy (non-hydrogen) atoms. The minimum atomic E-state index is -4.53. The number of nitrogens with zero attached hydrogens (tertiary/aromatic N) is 2. The van der Waals surface area contributed by atoms with Gasteiger partial charge in [-0.3, -0.25) is 14.5 Å². The first kappa shape index (κ1) is 74.8. The number of hydrogen-bond donors (Lipinski definition) is 0. The normalized spacial score (nSPS) is 14.9. The van der Waals surface area contributed by atoms with Gasteiger partial charge >= 0.3 is 19.3 Å². The highest BCUT2D eigenvalue weighted by Gasteiger charge is 2.52. The van der Waals surface area contributed by atoms with E-state index < -0.39 is 24.5 Å². The Balaban J connectivity index is 0.000000259. The van der Waals surface area contributed by atoms with Crippen molar-refractivity contribution in [1.82, 2.24) is 9.47 Å². The molecule has 426 valence electrons. The van der Waals surface area contributed by atoms with Gasteiger partial charge in [-0.15, -0.1) is 107 Å². The topological polar surface area (TPSA) is 83.1 Å². The molecule has 0 N–H and O–H groups in total. The second-order valence-corrected chi connectivity index (χ2v) is 107. The summed E-state index contributed by atoms with van der Waals surface area (Å²) in [5.41, 5.74) is 3.49. The molecule has 3 aromatic carbocycles. The molecule has 0 radical (unpaired) electrons. The van der Waals surface area contributed by atoms with E-state index in [0.29, 0.717) is 18.7 Å². The highest BCUT2D eigenvalue weighted by Crippen LogP contribution is 3.32. The van der Waals surface area contributed by atoms with Crippen molar-refractivity contribution in [2.75, 3.05) is 7.11 Å². The van der Waals surface area contributed by atoms with Crippen molar-refractivity contribution in [3.63, 3.8) is 0 Å². The van der Waals surface area contributed by atoms with E-state index in [4.69, 9.17) is 18.5 Å². The number of pyridine rings is 1. The molecule has 35 heteroatoms. The van der Waals surface area contributed by atoms with Crippen molar-refractivity contribution < 1.29 is 36.4 Å². The van der Waals surface area contributed by atoms with Crippen molar-refractivity contribution >= 4 is 222 Å². The fraction of sp³-hybridized carbons (Fsp3) is 0.381. The largest absolute Gasteiger partial charge is 0.494 e. The summed E-state index contributed by atoms with van der Waals surface area (Å²) in [6.07, 6.45) is -4.53. The summed E-state index contributed by atoms with van der Waals surface area (Å²) in [7, 11) is 40.9. The second-order valence-electron chi connectivity index (χ2n) is 18.7. The van der Waals surface area contributed by atoms with Crippen molar-refractivity contribution in [2.24, 2.45) is 7.05 Å². The van der Waals surface area contributed by atoms with Gasteiger partial charge in [0.25, 0.3) is 5.56 Å². The molecule has 12 atom stereocenters. The van der Waals surface area contributed by atoms with E-state index >= 15 is 0 Å². The number of furan rings is 1. The highest BCUT2D eigenvalue weighted by atomic mass is 79.9. The minimum absolute atomic E-state index is 0.00720. The van der Waals surface area contributed by atoms with Crippen LogP contribution in [0.3, 0.4) is 0 Å². The molecule has 1 aliphatic rings. The number of benzene rings is 3. The number of esters is 1. The van der Waals surface area contributed by atoms with Gasteiger partial charge in [0.05, 0.1) is 35.8 Å². The first-order valence-electron chi connectivity index (χ1n) is 22.8. The number of aromatic nitrogens is 1. The van der Waals surface area contributed by atoms with Crippen LogP contribution in [0.4, 0.5) is 13.2 Å². The van der Waals surface area contributed by atoms with Gasteiger partial charge in [0.1, 0.15) is 5.76 Å². The zero-order valence-electron chi connectivity index (χ0n) is 44.0. The van der Waals surface area contributed by atoms with E-state index in [9.17, 15) is 22.8 Å². The summed E-state index contributed by atoms with van der Waals surface area (Å²) in [5, 5.41) is 0.938. The van der Waals surface area contributed by atoms with E-state index in [1.165, 1.54) is 13.2 Å². The smallest absolute Gasteiger partial charge is 0.468 e. The summed E-state index contributed by atoms with van der Waals surface area (Å²) in [6.45, 7) is 15.1. The van der Waals surface area contributed by atoms with Crippen LogP contribution in [0.25, 0.3) is 10.9 Å². The third-order valence-electron chi connectivity index (χ3n) is 12.2.